The predicted octanol–water partition coefficient (Wildman–Crippen LogP) is 1.36. The molecule has 3 aliphatic rings. The maximum Gasteiger partial charge on any atom is 0.255 e. The minimum absolute atomic E-state index is 0.0413. The number of fused-ring (bicyclic) bond motifs is 3. The number of nitrogens with zero attached hydrogens (tertiary/aromatic N) is 1. The molecule has 9 heteroatoms. The summed E-state index contributed by atoms with van der Waals surface area (Å²) >= 11 is 0. The molecule has 3 aliphatic carbocycles. The Hall–Kier alpha value is -3.61. The van der Waals surface area contributed by atoms with Crippen LogP contribution in [0.4, 0.5) is 0 Å². The molecule has 0 spiro atoms. The Bertz CT molecular complexity index is 1310. The highest BCUT2D eigenvalue weighted by Crippen LogP contribution is 2.52. The maximum absolute atomic E-state index is 13.8. The number of benzene rings is 1. The summed E-state index contributed by atoms with van der Waals surface area (Å²) < 4.78 is 0. The van der Waals surface area contributed by atoms with Crippen LogP contribution in [0.5, 0.6) is 5.75 Å². The third-order valence-electron chi connectivity index (χ3n) is 7.67. The van der Waals surface area contributed by atoms with Crippen molar-refractivity contribution < 1.29 is 34.8 Å². The molecule has 5 atom stereocenters. The lowest BCUT2D eigenvalue weighted by atomic mass is 9.57. The number of aliphatic hydroxyl groups excluding tert-OH is 2. The highest BCUT2D eigenvalue weighted by molar-refractivity contribution is 6.24. The van der Waals surface area contributed by atoms with E-state index in [1.165, 1.54) is 11.0 Å². The summed E-state index contributed by atoms with van der Waals surface area (Å²) in [4.78, 5) is 40.4. The third-order valence-corrected chi connectivity index (χ3v) is 7.67. The number of carbonyl (C=O) groups excluding carboxylic acids is 3. The Kier molecular flexibility index (Phi) is 6.23. The van der Waals surface area contributed by atoms with Crippen LogP contribution in [-0.4, -0.2) is 68.5 Å². The zero-order valence-electron chi connectivity index (χ0n) is 20.6. The van der Waals surface area contributed by atoms with E-state index in [2.05, 4.69) is 11.8 Å². The molecule has 0 heterocycles. The van der Waals surface area contributed by atoms with Crippen LogP contribution in [0.1, 0.15) is 43.4 Å². The number of ketones is 2. The van der Waals surface area contributed by atoms with Crippen molar-refractivity contribution in [1.29, 1.82) is 0 Å². The van der Waals surface area contributed by atoms with Gasteiger partial charge in [0.25, 0.3) is 5.91 Å². The molecule has 0 saturated heterocycles. The molecule has 0 bridgehead atoms. The minimum atomic E-state index is -2.64. The van der Waals surface area contributed by atoms with Gasteiger partial charge in [0.05, 0.1) is 11.6 Å². The lowest BCUT2D eigenvalue weighted by molar-refractivity contribution is -0.153. The van der Waals surface area contributed by atoms with Gasteiger partial charge in [0.2, 0.25) is 5.78 Å². The second-order valence-corrected chi connectivity index (χ2v) is 10.0. The quantitative estimate of drug-likeness (QED) is 0.311. The van der Waals surface area contributed by atoms with E-state index in [1.54, 1.807) is 20.2 Å². The van der Waals surface area contributed by atoms with Gasteiger partial charge in [0, 0.05) is 23.0 Å². The van der Waals surface area contributed by atoms with E-state index in [0.29, 0.717) is 11.1 Å². The zero-order valence-corrected chi connectivity index (χ0v) is 20.6. The number of primary amides is 1. The van der Waals surface area contributed by atoms with Crippen LogP contribution >= 0.6 is 0 Å². The first-order valence-electron chi connectivity index (χ1n) is 11.9. The summed E-state index contributed by atoms with van der Waals surface area (Å²) in [6.07, 6.45) is 1.11. The summed E-state index contributed by atoms with van der Waals surface area (Å²) in [5, 5.41) is 44.3. The summed E-state index contributed by atoms with van der Waals surface area (Å²) in [5.74, 6) is -0.296. The smallest absolute Gasteiger partial charge is 0.255 e. The fourth-order valence-electron chi connectivity index (χ4n) is 5.66. The number of hydrogen-bond acceptors (Lipinski definition) is 8. The first-order chi connectivity index (χ1) is 16.9. The highest BCUT2D eigenvalue weighted by atomic mass is 16.3. The van der Waals surface area contributed by atoms with E-state index in [4.69, 9.17) is 5.73 Å². The van der Waals surface area contributed by atoms with Crippen LogP contribution in [0, 0.1) is 29.6 Å². The number of carbonyl (C=O) groups is 3. The van der Waals surface area contributed by atoms with E-state index in [-0.39, 0.29) is 35.6 Å². The summed E-state index contributed by atoms with van der Waals surface area (Å²) in [6, 6.07) is 1.92. The van der Waals surface area contributed by atoms with E-state index in [0.717, 1.165) is 6.42 Å². The van der Waals surface area contributed by atoms with Gasteiger partial charge >= 0.3 is 0 Å². The van der Waals surface area contributed by atoms with Crippen molar-refractivity contribution in [1.82, 2.24) is 4.90 Å². The fraction of sp³-hybridized carbons (Fsp3) is 0.444. The Labute approximate surface area is 208 Å². The fourth-order valence-corrected chi connectivity index (χ4v) is 5.66. The lowest BCUT2D eigenvalue weighted by Gasteiger charge is -2.50. The molecule has 0 aromatic heterocycles. The number of aliphatic hydroxyl groups is 3. The first kappa shape index (κ1) is 25.5. The average Bonchev–Trinajstić information content (AvgIpc) is 2.80. The molecule has 1 amide bonds. The van der Waals surface area contributed by atoms with Crippen LogP contribution in [0.3, 0.4) is 0 Å². The number of amides is 1. The molecule has 36 heavy (non-hydrogen) atoms. The SMILES string of the molecule is CCC(C)C#Cc1ccc(O)c2c1C[C@H]1C[C@H]3[C@H](N(C)C)C(=O)C(C(N)=O)=C(O)[C@@]3(O)C(=O)C1=C2O. The van der Waals surface area contributed by atoms with Gasteiger partial charge < -0.3 is 26.2 Å². The molecule has 6 N–H and O–H groups in total. The van der Waals surface area contributed by atoms with Gasteiger partial charge in [-0.15, -0.1) is 0 Å². The Balaban J connectivity index is 1.95. The minimum Gasteiger partial charge on any atom is -0.508 e. The number of hydrogen-bond donors (Lipinski definition) is 5. The van der Waals surface area contributed by atoms with Crippen LogP contribution in [0.2, 0.25) is 0 Å². The Morgan fingerprint density at radius 1 is 1.25 bits per heavy atom. The third kappa shape index (κ3) is 3.52. The predicted molar refractivity (Wildman–Crippen MR) is 131 cm³/mol. The molecule has 1 saturated carbocycles. The molecule has 1 unspecified atom stereocenters. The molecule has 1 fully saturated rings. The number of rotatable bonds is 3. The van der Waals surface area contributed by atoms with Crippen LogP contribution in [0.15, 0.2) is 29.0 Å². The van der Waals surface area contributed by atoms with Gasteiger partial charge in [-0.25, -0.2) is 0 Å². The van der Waals surface area contributed by atoms with Crippen LogP contribution in [0.25, 0.3) is 5.76 Å². The number of aromatic hydroxyl groups is 1. The van der Waals surface area contributed by atoms with Crippen molar-refractivity contribution in [3.05, 3.63) is 45.7 Å². The second kappa shape index (κ2) is 8.80. The standard InChI is InChI=1S/C27H30N2O7/c1-5-12(2)6-7-13-8-9-17(30)19-15(13)10-14-11-16-21(29(3)4)23(32)20(26(28)35)25(34)27(16,36)24(33)18(14)22(19)31/h8-9,12,14,16,21,30-31,34,36H,5,10-11H2,1-4H3,(H2,28,35)/t12?,14-,16-,21-,27-/m0/s1. The van der Waals surface area contributed by atoms with Crippen molar-refractivity contribution in [3.63, 3.8) is 0 Å². The molecular weight excluding hydrogens is 464 g/mol. The number of phenols is 1. The lowest BCUT2D eigenvalue weighted by Crippen LogP contribution is -2.65. The van der Waals surface area contributed by atoms with Crippen molar-refractivity contribution in [3.8, 4) is 17.6 Å². The van der Waals surface area contributed by atoms with Gasteiger partial charge in [-0.1, -0.05) is 25.7 Å². The number of likely N-dealkylation sites (N-methyl/N-ethyl adjacent to an activating group) is 1. The number of nitrogens with two attached hydrogens (primary N) is 1. The largest absolute Gasteiger partial charge is 0.508 e. The average molecular weight is 495 g/mol. The zero-order chi connectivity index (χ0) is 26.7. The Morgan fingerprint density at radius 2 is 1.92 bits per heavy atom. The topological polar surface area (TPSA) is 161 Å². The molecule has 9 nitrogen and oxygen atoms in total. The summed E-state index contributed by atoms with van der Waals surface area (Å²) in [5.41, 5.74) is 2.89. The van der Waals surface area contributed by atoms with E-state index < -0.39 is 58.0 Å². The maximum atomic E-state index is 13.8. The second-order valence-electron chi connectivity index (χ2n) is 10.0. The molecule has 4 rings (SSSR count). The molecule has 0 aliphatic heterocycles. The van der Waals surface area contributed by atoms with E-state index in [9.17, 15) is 34.8 Å². The molecule has 0 radical (unpaired) electrons. The number of phenolic OH excluding ortho intramolecular Hbond substituents is 1. The van der Waals surface area contributed by atoms with E-state index in [1.807, 2.05) is 13.8 Å². The monoisotopic (exact) mass is 494 g/mol. The summed E-state index contributed by atoms with van der Waals surface area (Å²) in [6.45, 7) is 4.00. The molecular formula is C27H30N2O7. The van der Waals surface area contributed by atoms with Gasteiger partial charge in [-0.3, -0.25) is 19.3 Å². The normalized spacial score (nSPS) is 28.2. The van der Waals surface area contributed by atoms with Crippen molar-refractivity contribution in [2.24, 2.45) is 23.5 Å². The number of Topliss-reactive ketones (excluding diaryl/α,β-unsaturated/α-hetero) is 2. The van der Waals surface area contributed by atoms with Crippen LogP contribution < -0.4 is 5.73 Å². The van der Waals surface area contributed by atoms with E-state index >= 15 is 0 Å². The van der Waals surface area contributed by atoms with Crippen molar-refractivity contribution in [2.45, 2.75) is 44.8 Å². The van der Waals surface area contributed by atoms with Crippen molar-refractivity contribution in [2.75, 3.05) is 14.1 Å². The molecule has 190 valence electrons. The van der Waals surface area contributed by atoms with Gasteiger partial charge in [-0.05, 0) is 57.0 Å². The Morgan fingerprint density at radius 3 is 2.50 bits per heavy atom. The van der Waals surface area contributed by atoms with Gasteiger partial charge in [-0.2, -0.15) is 0 Å². The first-order valence-corrected chi connectivity index (χ1v) is 11.9. The van der Waals surface area contributed by atoms with Crippen LogP contribution in [-0.2, 0) is 20.8 Å². The van der Waals surface area contributed by atoms with Crippen molar-refractivity contribution >= 4 is 23.2 Å². The van der Waals surface area contributed by atoms with Gasteiger partial charge in [0.15, 0.2) is 11.4 Å². The highest BCUT2D eigenvalue weighted by Gasteiger charge is 2.64. The molecule has 1 aromatic carbocycles. The van der Waals surface area contributed by atoms with Gasteiger partial charge in [0.1, 0.15) is 22.8 Å². The molecule has 1 aromatic rings. The summed E-state index contributed by atoms with van der Waals surface area (Å²) in [7, 11) is 3.13.